The van der Waals surface area contributed by atoms with Crippen LogP contribution in [0.1, 0.15) is 33.6 Å². The quantitative estimate of drug-likeness (QED) is 0.652. The zero-order chi connectivity index (χ0) is 12.2. The molecule has 1 saturated heterocycles. The van der Waals surface area contributed by atoms with Crippen LogP contribution in [0.25, 0.3) is 0 Å². The van der Waals surface area contributed by atoms with E-state index in [0.717, 1.165) is 13.0 Å². The van der Waals surface area contributed by atoms with Gasteiger partial charge in [-0.25, -0.2) is 4.72 Å². The minimum absolute atomic E-state index is 0.0748. The summed E-state index contributed by atoms with van der Waals surface area (Å²) >= 11 is 0. The fraction of sp³-hybridized carbons (Fsp3) is 1.00. The molecule has 0 aromatic heterocycles. The summed E-state index contributed by atoms with van der Waals surface area (Å²) in [7, 11) is -3.34. The van der Waals surface area contributed by atoms with Crippen molar-refractivity contribution in [3.63, 3.8) is 0 Å². The van der Waals surface area contributed by atoms with E-state index in [0.29, 0.717) is 12.5 Å². The van der Waals surface area contributed by atoms with E-state index >= 15 is 0 Å². The van der Waals surface area contributed by atoms with Crippen LogP contribution in [0.2, 0.25) is 0 Å². The first-order valence-corrected chi connectivity index (χ1v) is 7.39. The highest BCUT2D eigenvalue weighted by molar-refractivity contribution is 7.87. The van der Waals surface area contributed by atoms with E-state index in [-0.39, 0.29) is 12.1 Å². The maximum Gasteiger partial charge on any atom is 0.277 e. The Balaban J connectivity index is 2.38. The molecule has 0 aromatic rings. The van der Waals surface area contributed by atoms with Crippen molar-refractivity contribution < 1.29 is 8.42 Å². The molecule has 0 radical (unpaired) electrons. The second-order valence-corrected chi connectivity index (χ2v) is 6.34. The largest absolute Gasteiger partial charge is 0.312 e. The Morgan fingerprint density at radius 1 is 1.44 bits per heavy atom. The fourth-order valence-electron chi connectivity index (χ4n) is 1.94. The molecular weight excluding hydrogens is 226 g/mol. The molecule has 0 spiro atoms. The Morgan fingerprint density at radius 3 is 2.69 bits per heavy atom. The normalized spacial score (nSPS) is 27.2. The number of hydrogen-bond donors (Lipinski definition) is 3. The van der Waals surface area contributed by atoms with E-state index in [1.807, 2.05) is 0 Å². The van der Waals surface area contributed by atoms with Crippen LogP contribution in [0.5, 0.6) is 0 Å². The Morgan fingerprint density at radius 2 is 2.12 bits per heavy atom. The third-order valence-corrected chi connectivity index (χ3v) is 4.14. The van der Waals surface area contributed by atoms with Crippen molar-refractivity contribution >= 4 is 10.2 Å². The average molecular weight is 249 g/mol. The zero-order valence-corrected chi connectivity index (χ0v) is 11.1. The van der Waals surface area contributed by atoms with Crippen LogP contribution >= 0.6 is 0 Å². The van der Waals surface area contributed by atoms with E-state index in [2.05, 4.69) is 21.7 Å². The average Bonchev–Trinajstić information content (AvgIpc) is 2.14. The summed E-state index contributed by atoms with van der Waals surface area (Å²) in [5.74, 6) is 0.524. The van der Waals surface area contributed by atoms with E-state index < -0.39 is 10.2 Å². The first-order valence-electron chi connectivity index (χ1n) is 5.91. The van der Waals surface area contributed by atoms with Crippen LogP contribution in [0.4, 0.5) is 0 Å². The van der Waals surface area contributed by atoms with Crippen LogP contribution in [-0.2, 0) is 10.2 Å². The van der Waals surface area contributed by atoms with Crippen molar-refractivity contribution in [3.8, 4) is 0 Å². The Labute approximate surface area is 98.6 Å². The van der Waals surface area contributed by atoms with E-state index in [4.69, 9.17) is 0 Å². The van der Waals surface area contributed by atoms with Gasteiger partial charge in [0.2, 0.25) is 0 Å². The molecule has 1 aliphatic heterocycles. The van der Waals surface area contributed by atoms with Crippen LogP contribution in [-0.4, -0.2) is 33.6 Å². The molecular formula is C10H23N3O2S. The van der Waals surface area contributed by atoms with Gasteiger partial charge in [0.15, 0.2) is 0 Å². The summed E-state index contributed by atoms with van der Waals surface area (Å²) in [6.07, 6.45) is 2.34. The topological polar surface area (TPSA) is 70.2 Å². The molecule has 6 heteroatoms. The highest BCUT2D eigenvalue weighted by Crippen LogP contribution is 2.14. The Kier molecular flexibility index (Phi) is 5.17. The maximum absolute atomic E-state index is 11.5. The minimum atomic E-state index is -3.34. The molecule has 0 aromatic carbocycles. The fourth-order valence-corrected chi connectivity index (χ4v) is 3.04. The maximum atomic E-state index is 11.5. The molecule has 1 heterocycles. The zero-order valence-electron chi connectivity index (χ0n) is 10.3. The van der Waals surface area contributed by atoms with E-state index in [9.17, 15) is 8.42 Å². The van der Waals surface area contributed by atoms with Crippen molar-refractivity contribution in [2.75, 3.05) is 13.1 Å². The lowest BCUT2D eigenvalue weighted by Crippen LogP contribution is -2.50. The Hall–Kier alpha value is -0.170. The standard InChI is InChI=1S/C10H23N3O2S/c1-8(2)13-16(14,15)12-7-10-9(3)5-4-6-11-10/h8-13H,4-7H2,1-3H3. The second kappa shape index (κ2) is 5.95. The first-order chi connectivity index (χ1) is 7.41. The molecule has 1 aliphatic rings. The van der Waals surface area contributed by atoms with Gasteiger partial charge in [0, 0.05) is 18.6 Å². The molecule has 2 atom stereocenters. The number of nitrogens with one attached hydrogen (secondary N) is 3. The van der Waals surface area contributed by atoms with Crippen molar-refractivity contribution in [3.05, 3.63) is 0 Å². The van der Waals surface area contributed by atoms with Gasteiger partial charge in [-0.15, -0.1) is 0 Å². The summed E-state index contributed by atoms with van der Waals surface area (Å²) in [5.41, 5.74) is 0. The van der Waals surface area contributed by atoms with Gasteiger partial charge < -0.3 is 5.32 Å². The van der Waals surface area contributed by atoms with Crippen LogP contribution in [0.15, 0.2) is 0 Å². The van der Waals surface area contributed by atoms with Crippen molar-refractivity contribution in [1.82, 2.24) is 14.8 Å². The van der Waals surface area contributed by atoms with E-state index in [1.54, 1.807) is 13.8 Å². The van der Waals surface area contributed by atoms with E-state index in [1.165, 1.54) is 6.42 Å². The predicted octanol–water partition coefficient (Wildman–Crippen LogP) is 0.207. The number of hydrogen-bond acceptors (Lipinski definition) is 3. The van der Waals surface area contributed by atoms with Crippen molar-refractivity contribution in [1.29, 1.82) is 0 Å². The summed E-state index contributed by atoms with van der Waals surface area (Å²) in [6.45, 7) is 7.21. The van der Waals surface area contributed by atoms with Gasteiger partial charge >= 0.3 is 0 Å². The lowest BCUT2D eigenvalue weighted by molar-refractivity contribution is 0.300. The molecule has 2 unspecified atom stereocenters. The smallest absolute Gasteiger partial charge is 0.277 e. The lowest BCUT2D eigenvalue weighted by atomic mass is 9.93. The van der Waals surface area contributed by atoms with Gasteiger partial charge in [0.25, 0.3) is 10.2 Å². The van der Waals surface area contributed by atoms with Gasteiger partial charge in [-0.3, -0.25) is 0 Å². The van der Waals surface area contributed by atoms with Gasteiger partial charge in [0.1, 0.15) is 0 Å². The minimum Gasteiger partial charge on any atom is -0.312 e. The third-order valence-electron chi connectivity index (χ3n) is 2.81. The monoisotopic (exact) mass is 249 g/mol. The third kappa shape index (κ3) is 4.78. The molecule has 1 rings (SSSR count). The van der Waals surface area contributed by atoms with Crippen molar-refractivity contribution in [2.24, 2.45) is 5.92 Å². The van der Waals surface area contributed by atoms with Gasteiger partial charge in [-0.2, -0.15) is 13.1 Å². The first kappa shape index (κ1) is 13.9. The molecule has 1 fully saturated rings. The summed E-state index contributed by atoms with van der Waals surface area (Å²) in [5, 5.41) is 3.34. The highest BCUT2D eigenvalue weighted by atomic mass is 32.2. The van der Waals surface area contributed by atoms with Crippen LogP contribution in [0.3, 0.4) is 0 Å². The molecule has 16 heavy (non-hydrogen) atoms. The molecule has 0 aliphatic carbocycles. The van der Waals surface area contributed by atoms with Crippen molar-refractivity contribution in [2.45, 2.75) is 45.7 Å². The summed E-state index contributed by atoms with van der Waals surface area (Å²) in [6, 6.07) is 0.173. The molecule has 0 bridgehead atoms. The molecule has 5 nitrogen and oxygen atoms in total. The van der Waals surface area contributed by atoms with Gasteiger partial charge in [-0.1, -0.05) is 6.92 Å². The predicted molar refractivity (Wildman–Crippen MR) is 65.4 cm³/mol. The van der Waals surface area contributed by atoms with Gasteiger partial charge in [0.05, 0.1) is 0 Å². The lowest BCUT2D eigenvalue weighted by Gasteiger charge is -2.30. The molecule has 3 N–H and O–H groups in total. The molecule has 0 amide bonds. The number of rotatable bonds is 5. The van der Waals surface area contributed by atoms with Gasteiger partial charge in [-0.05, 0) is 39.2 Å². The molecule has 96 valence electrons. The van der Waals surface area contributed by atoms with Crippen LogP contribution < -0.4 is 14.8 Å². The summed E-state index contributed by atoms with van der Waals surface area (Å²) in [4.78, 5) is 0. The SMILES string of the molecule is CC(C)NS(=O)(=O)NCC1NCCCC1C. The summed E-state index contributed by atoms with van der Waals surface area (Å²) < 4.78 is 28.2. The van der Waals surface area contributed by atoms with Crippen LogP contribution in [0, 0.1) is 5.92 Å². The highest BCUT2D eigenvalue weighted by Gasteiger charge is 2.22. The number of piperidine rings is 1. The Bertz CT molecular complexity index is 303. The second-order valence-electron chi connectivity index (χ2n) is 4.80. The molecule has 0 saturated carbocycles.